The van der Waals surface area contributed by atoms with E-state index in [0.29, 0.717) is 50.3 Å². The highest BCUT2D eigenvalue weighted by Gasteiger charge is 2.51. The van der Waals surface area contributed by atoms with Gasteiger partial charge in [-0.2, -0.15) is 0 Å². The zero-order valence-electron chi connectivity index (χ0n) is 20.9. The number of nitrogens with zero attached hydrogens (tertiary/aromatic N) is 6. The van der Waals surface area contributed by atoms with Crippen LogP contribution in [0.2, 0.25) is 0 Å². The minimum Gasteiger partial charge on any atom is -0.268 e. The molecule has 1 heterocycles. The van der Waals surface area contributed by atoms with E-state index in [1.54, 1.807) is 0 Å². The van der Waals surface area contributed by atoms with Crippen molar-refractivity contribution < 1.29 is 29.0 Å². The Morgan fingerprint density at radius 1 is 0.583 bits per heavy atom. The van der Waals surface area contributed by atoms with Crippen molar-refractivity contribution in [2.75, 3.05) is 32.7 Å². The Bertz CT molecular complexity index is 719. The molecule has 0 aliphatic carbocycles. The van der Waals surface area contributed by atoms with Crippen molar-refractivity contribution in [1.29, 1.82) is 0 Å². The molecule has 0 saturated carbocycles. The standard InChI is InChI=1S/C24H37N6O6/c31-19-25-14-8-2-1-7-13-22-23(34)28(17-11-5-3-9-15-26-20-32)30(36)29(24(22)35)18-12-6-4-10-16-27-21-33/h22H,1-18H2/q+1. The molecule has 1 rings (SSSR count). The van der Waals surface area contributed by atoms with Gasteiger partial charge < -0.3 is 0 Å². The molecule has 1 aliphatic heterocycles. The van der Waals surface area contributed by atoms with Gasteiger partial charge in [-0.3, -0.25) is 9.59 Å². The maximum Gasteiger partial charge on any atom is 0.297 e. The molecule has 12 heteroatoms. The van der Waals surface area contributed by atoms with Gasteiger partial charge in [0.15, 0.2) is 0 Å². The van der Waals surface area contributed by atoms with Crippen molar-refractivity contribution >= 4 is 30.1 Å². The number of amides is 2. The largest absolute Gasteiger partial charge is 0.297 e. The van der Waals surface area contributed by atoms with Crippen molar-refractivity contribution in [2.45, 2.75) is 83.5 Å². The van der Waals surface area contributed by atoms with Crippen molar-refractivity contribution in [3.8, 4) is 0 Å². The van der Waals surface area contributed by atoms with Gasteiger partial charge in [0.25, 0.3) is 16.8 Å². The number of carbonyl (C=O) groups excluding carboxylic acids is 5. The Balaban J connectivity index is 2.67. The van der Waals surface area contributed by atoms with E-state index >= 15 is 0 Å². The van der Waals surface area contributed by atoms with Crippen molar-refractivity contribution in [1.82, 2.24) is 10.0 Å². The van der Waals surface area contributed by atoms with Crippen LogP contribution >= 0.6 is 0 Å². The van der Waals surface area contributed by atoms with E-state index in [4.69, 9.17) is 0 Å². The molecule has 0 N–H and O–H groups in total. The second-order valence-corrected chi connectivity index (χ2v) is 8.68. The molecule has 1 fully saturated rings. The highest BCUT2D eigenvalue weighted by molar-refractivity contribution is 6.00. The number of hydrogen-bond donors (Lipinski definition) is 0. The molecule has 0 radical (unpaired) electrons. The molecule has 12 nitrogen and oxygen atoms in total. The lowest BCUT2D eigenvalue weighted by molar-refractivity contribution is -0.805. The van der Waals surface area contributed by atoms with Gasteiger partial charge in [0, 0.05) is 0 Å². The first-order valence-electron chi connectivity index (χ1n) is 12.8. The van der Waals surface area contributed by atoms with Crippen LogP contribution in [0.15, 0.2) is 15.0 Å². The summed E-state index contributed by atoms with van der Waals surface area (Å²) in [5.41, 5.74) is 0. The molecule has 0 atom stereocenters. The van der Waals surface area contributed by atoms with Gasteiger partial charge in [0.1, 0.15) is 5.92 Å². The molecule has 198 valence electrons. The Hall–Kier alpha value is -3.32. The summed E-state index contributed by atoms with van der Waals surface area (Å²) in [4.78, 5) is 80.4. The van der Waals surface area contributed by atoms with Gasteiger partial charge in [-0.1, -0.05) is 44.9 Å². The second kappa shape index (κ2) is 19.9. The highest BCUT2D eigenvalue weighted by atomic mass is 16.4. The molecular weight excluding hydrogens is 468 g/mol. The van der Waals surface area contributed by atoms with Crippen LogP contribution in [0, 0.1) is 10.8 Å². The van der Waals surface area contributed by atoms with Crippen LogP contribution in [0.4, 0.5) is 0 Å². The first kappa shape index (κ1) is 30.7. The third-order valence-electron chi connectivity index (χ3n) is 6.00. The predicted molar refractivity (Wildman–Crippen MR) is 130 cm³/mol. The van der Waals surface area contributed by atoms with E-state index in [-0.39, 0.29) is 13.1 Å². The molecule has 2 amide bonds. The number of hydrazine groups is 2. The van der Waals surface area contributed by atoms with E-state index in [1.165, 1.54) is 18.2 Å². The molecule has 0 bridgehead atoms. The van der Waals surface area contributed by atoms with Crippen LogP contribution in [0.5, 0.6) is 0 Å². The van der Waals surface area contributed by atoms with Gasteiger partial charge in [0.2, 0.25) is 18.2 Å². The minimum atomic E-state index is -0.882. The fourth-order valence-corrected chi connectivity index (χ4v) is 4.04. The maximum absolute atomic E-state index is 13.1. The number of rotatable bonds is 21. The van der Waals surface area contributed by atoms with Crippen LogP contribution in [0.25, 0.3) is 0 Å². The number of unbranched alkanes of at least 4 members (excludes halogenated alkanes) is 9. The molecule has 0 aromatic heterocycles. The van der Waals surface area contributed by atoms with Gasteiger partial charge in [0.05, 0.1) is 37.6 Å². The monoisotopic (exact) mass is 505 g/mol. The van der Waals surface area contributed by atoms with Gasteiger partial charge in [-0.05, 0) is 48.5 Å². The Morgan fingerprint density at radius 3 is 1.33 bits per heavy atom. The SMILES string of the molecule is O=C=NCCCCCCC1C(=O)N(CCCCCCN=C=O)[N+](=O)N(CCCCCCN=C=O)C1=O. The van der Waals surface area contributed by atoms with Crippen LogP contribution in [0.3, 0.4) is 0 Å². The van der Waals surface area contributed by atoms with E-state index in [2.05, 4.69) is 15.0 Å². The van der Waals surface area contributed by atoms with E-state index < -0.39 is 17.7 Å². The molecule has 36 heavy (non-hydrogen) atoms. The molecule has 0 aromatic carbocycles. The third kappa shape index (κ3) is 11.9. The first-order chi connectivity index (χ1) is 17.6. The Morgan fingerprint density at radius 2 is 0.944 bits per heavy atom. The number of carbonyl (C=O) groups is 2. The van der Waals surface area contributed by atoms with Crippen LogP contribution < -0.4 is 0 Å². The van der Waals surface area contributed by atoms with E-state index in [1.807, 2.05) is 0 Å². The van der Waals surface area contributed by atoms with Gasteiger partial charge in [-0.15, -0.1) is 0 Å². The highest BCUT2D eigenvalue weighted by Crippen LogP contribution is 2.23. The Kier molecular flexibility index (Phi) is 17.0. The average Bonchev–Trinajstić information content (AvgIpc) is 2.87. The minimum absolute atomic E-state index is 0.215. The fourth-order valence-electron chi connectivity index (χ4n) is 4.04. The zero-order chi connectivity index (χ0) is 26.4. The average molecular weight is 506 g/mol. The summed E-state index contributed by atoms with van der Waals surface area (Å²) in [6.07, 6.45) is 13.7. The van der Waals surface area contributed by atoms with E-state index in [9.17, 15) is 28.9 Å². The van der Waals surface area contributed by atoms with Crippen molar-refractivity contribution in [3.63, 3.8) is 0 Å². The lowest BCUT2D eigenvalue weighted by atomic mass is 9.97. The quantitative estimate of drug-likeness (QED) is 0.0769. The summed E-state index contributed by atoms with van der Waals surface area (Å²) in [6.45, 7) is 1.67. The topological polar surface area (TPSA) is 149 Å². The Labute approximate surface area is 211 Å². The number of aliphatic imine (C=N–C) groups is 3. The van der Waals surface area contributed by atoms with Gasteiger partial charge in [-0.25, -0.2) is 29.4 Å². The normalized spacial score (nSPS) is 15.3. The zero-order valence-corrected chi connectivity index (χ0v) is 20.9. The lowest BCUT2D eigenvalue weighted by Gasteiger charge is -2.28. The van der Waals surface area contributed by atoms with Crippen LogP contribution in [0.1, 0.15) is 83.5 Å². The summed E-state index contributed by atoms with van der Waals surface area (Å²) < 4.78 is 0. The number of hydrogen-bond acceptors (Lipinski definition) is 9. The smallest absolute Gasteiger partial charge is 0.268 e. The predicted octanol–water partition coefficient (Wildman–Crippen LogP) is 2.96. The molecule has 0 aromatic rings. The maximum atomic E-state index is 13.1. The fraction of sp³-hybridized carbons (Fsp3) is 0.792. The summed E-state index contributed by atoms with van der Waals surface area (Å²) in [6, 6.07) is 0. The van der Waals surface area contributed by atoms with Crippen LogP contribution in [-0.4, -0.2) is 77.8 Å². The number of isocyanates is 3. The molecule has 0 unspecified atom stereocenters. The second-order valence-electron chi connectivity index (χ2n) is 8.68. The summed E-state index contributed by atoms with van der Waals surface area (Å²) >= 11 is 0. The molecule has 1 aliphatic rings. The molecule has 0 spiro atoms. The van der Waals surface area contributed by atoms with E-state index in [0.717, 1.165) is 67.8 Å². The first-order valence-corrected chi connectivity index (χ1v) is 12.8. The summed E-state index contributed by atoms with van der Waals surface area (Å²) in [5, 5.41) is 2.26. The summed E-state index contributed by atoms with van der Waals surface area (Å²) in [5.74, 6) is -1.81. The summed E-state index contributed by atoms with van der Waals surface area (Å²) in [7, 11) is 0. The third-order valence-corrected chi connectivity index (χ3v) is 6.00. The number of nitroso groups, excluding NO2 is 1. The van der Waals surface area contributed by atoms with Crippen molar-refractivity contribution in [3.05, 3.63) is 4.91 Å². The van der Waals surface area contributed by atoms with Crippen LogP contribution in [-0.2, 0) is 24.0 Å². The molecular formula is C24H37N6O6+. The van der Waals surface area contributed by atoms with Crippen molar-refractivity contribution in [2.24, 2.45) is 20.9 Å². The molecule has 1 saturated heterocycles. The lowest BCUT2D eigenvalue weighted by Crippen LogP contribution is -2.61. The van der Waals surface area contributed by atoms with Gasteiger partial charge >= 0.3 is 0 Å².